The summed E-state index contributed by atoms with van der Waals surface area (Å²) >= 11 is 0. The van der Waals surface area contributed by atoms with Crippen molar-refractivity contribution in [2.75, 3.05) is 11.9 Å². The molecule has 134 valence electrons. The van der Waals surface area contributed by atoms with Gasteiger partial charge in [-0.2, -0.15) is 28.4 Å². The summed E-state index contributed by atoms with van der Waals surface area (Å²) in [5, 5.41) is 10.2. The Kier molecular flexibility index (Phi) is 4.01. The molecule has 1 aliphatic heterocycles. The van der Waals surface area contributed by atoms with Crippen molar-refractivity contribution in [2.24, 2.45) is 7.05 Å². The van der Waals surface area contributed by atoms with Crippen molar-refractivity contribution in [1.29, 1.82) is 0 Å². The lowest BCUT2D eigenvalue weighted by Crippen LogP contribution is -2.35. The highest BCUT2D eigenvalue weighted by Gasteiger charge is 2.47. The van der Waals surface area contributed by atoms with Gasteiger partial charge >= 0.3 is 12.1 Å². The third-order valence-corrected chi connectivity index (χ3v) is 3.94. The number of anilines is 1. The Hall–Kier alpha value is -2.85. The molecule has 0 fully saturated rings. The molecule has 0 aliphatic carbocycles. The van der Waals surface area contributed by atoms with Gasteiger partial charge in [-0.25, -0.2) is 9.48 Å². The van der Waals surface area contributed by atoms with Gasteiger partial charge in [-0.05, 0) is 13.8 Å². The van der Waals surface area contributed by atoms with Crippen molar-refractivity contribution in [2.45, 2.75) is 26.1 Å². The molecule has 0 bridgehead atoms. The van der Waals surface area contributed by atoms with E-state index in [9.17, 15) is 18.0 Å². The molecule has 2 aromatic rings. The number of carbonyl (C=O) groups excluding carboxylic acids is 1. The van der Waals surface area contributed by atoms with Gasteiger partial charge in [-0.15, -0.1) is 0 Å². The summed E-state index contributed by atoms with van der Waals surface area (Å²) in [7, 11) is 1.65. The van der Waals surface area contributed by atoms with Gasteiger partial charge in [0.25, 0.3) is 0 Å². The maximum Gasteiger partial charge on any atom is 0.431 e. The molecule has 0 radical (unpaired) electrons. The SMILES string of the molecule is CCOC(=O)C1=C(C(F)(F)F)Nc2ncnn2[C@H]1c1cnn(C)c1C. The van der Waals surface area contributed by atoms with E-state index < -0.39 is 29.5 Å². The lowest BCUT2D eigenvalue weighted by atomic mass is 9.95. The second-order valence-electron chi connectivity index (χ2n) is 5.37. The molecule has 0 saturated carbocycles. The van der Waals surface area contributed by atoms with E-state index in [2.05, 4.69) is 20.5 Å². The van der Waals surface area contributed by atoms with Crippen LogP contribution >= 0.6 is 0 Å². The van der Waals surface area contributed by atoms with Gasteiger partial charge in [0.15, 0.2) is 0 Å². The Labute approximate surface area is 140 Å². The lowest BCUT2D eigenvalue weighted by Gasteiger charge is -2.29. The first-order chi connectivity index (χ1) is 11.8. The van der Waals surface area contributed by atoms with Crippen LogP contribution in [0, 0.1) is 6.92 Å². The summed E-state index contributed by atoms with van der Waals surface area (Å²) in [6, 6.07) is -1.15. The fourth-order valence-corrected chi connectivity index (χ4v) is 2.68. The largest absolute Gasteiger partial charge is 0.463 e. The summed E-state index contributed by atoms with van der Waals surface area (Å²) < 4.78 is 48.3. The van der Waals surface area contributed by atoms with Gasteiger partial charge in [0, 0.05) is 18.3 Å². The quantitative estimate of drug-likeness (QED) is 0.843. The van der Waals surface area contributed by atoms with Crippen LogP contribution < -0.4 is 5.32 Å². The minimum atomic E-state index is -4.80. The van der Waals surface area contributed by atoms with E-state index in [1.54, 1.807) is 14.0 Å². The normalized spacial score (nSPS) is 17.3. The minimum absolute atomic E-state index is 0.0591. The smallest absolute Gasteiger partial charge is 0.431 e. The first-order valence-electron chi connectivity index (χ1n) is 7.39. The molecular formula is C14H15F3N6O2. The van der Waals surface area contributed by atoms with Crippen LogP contribution in [0.2, 0.25) is 0 Å². The van der Waals surface area contributed by atoms with Crippen molar-refractivity contribution < 1.29 is 22.7 Å². The number of aryl methyl sites for hydroxylation is 1. The van der Waals surface area contributed by atoms with Gasteiger partial charge in [-0.3, -0.25) is 4.68 Å². The van der Waals surface area contributed by atoms with Crippen molar-refractivity contribution in [3.05, 3.63) is 35.1 Å². The Bertz CT molecular complexity index is 851. The fourth-order valence-electron chi connectivity index (χ4n) is 2.68. The third kappa shape index (κ3) is 2.75. The maximum atomic E-state index is 13.6. The Morgan fingerprint density at radius 1 is 1.40 bits per heavy atom. The fraction of sp³-hybridized carbons (Fsp3) is 0.429. The highest BCUT2D eigenvalue weighted by atomic mass is 19.4. The van der Waals surface area contributed by atoms with Gasteiger partial charge in [0.1, 0.15) is 18.1 Å². The van der Waals surface area contributed by atoms with Gasteiger partial charge in [-0.1, -0.05) is 0 Å². The molecule has 0 saturated heterocycles. The van der Waals surface area contributed by atoms with E-state index in [1.165, 1.54) is 22.5 Å². The molecule has 1 atom stereocenters. The van der Waals surface area contributed by atoms with Crippen molar-refractivity contribution in [1.82, 2.24) is 24.5 Å². The van der Waals surface area contributed by atoms with Crippen LogP contribution in [0.3, 0.4) is 0 Å². The van der Waals surface area contributed by atoms with Gasteiger partial charge in [0.05, 0.1) is 18.4 Å². The second-order valence-corrected chi connectivity index (χ2v) is 5.37. The van der Waals surface area contributed by atoms with E-state index >= 15 is 0 Å². The maximum absolute atomic E-state index is 13.6. The van der Waals surface area contributed by atoms with Crippen LogP contribution in [-0.4, -0.2) is 43.3 Å². The van der Waals surface area contributed by atoms with Crippen molar-refractivity contribution in [3.8, 4) is 0 Å². The average Bonchev–Trinajstić information content (AvgIpc) is 3.12. The van der Waals surface area contributed by atoms with E-state index in [1.807, 2.05) is 0 Å². The zero-order valence-corrected chi connectivity index (χ0v) is 13.6. The van der Waals surface area contributed by atoms with Crippen LogP contribution in [-0.2, 0) is 16.6 Å². The molecule has 0 aromatic carbocycles. The predicted molar refractivity (Wildman–Crippen MR) is 79.4 cm³/mol. The third-order valence-electron chi connectivity index (χ3n) is 3.94. The highest BCUT2D eigenvalue weighted by molar-refractivity contribution is 5.92. The summed E-state index contributed by atoms with van der Waals surface area (Å²) in [5.41, 5.74) is -0.791. The summed E-state index contributed by atoms with van der Waals surface area (Å²) in [5.74, 6) is -1.19. The minimum Gasteiger partial charge on any atom is -0.463 e. The van der Waals surface area contributed by atoms with E-state index in [-0.39, 0.29) is 12.6 Å². The Morgan fingerprint density at radius 2 is 2.12 bits per heavy atom. The Morgan fingerprint density at radius 3 is 2.68 bits per heavy atom. The lowest BCUT2D eigenvalue weighted by molar-refractivity contribution is -0.140. The van der Waals surface area contributed by atoms with Crippen molar-refractivity contribution >= 4 is 11.9 Å². The number of hydrogen-bond acceptors (Lipinski definition) is 6. The van der Waals surface area contributed by atoms with E-state index in [0.29, 0.717) is 11.3 Å². The number of ether oxygens (including phenoxy) is 1. The second kappa shape index (κ2) is 5.90. The number of nitrogens with zero attached hydrogens (tertiary/aromatic N) is 5. The van der Waals surface area contributed by atoms with E-state index in [4.69, 9.17) is 4.74 Å². The molecule has 2 aromatic heterocycles. The first kappa shape index (κ1) is 17.0. The number of halogens is 3. The number of esters is 1. The molecule has 3 rings (SSSR count). The highest BCUT2D eigenvalue weighted by Crippen LogP contribution is 2.41. The van der Waals surface area contributed by atoms with E-state index in [0.717, 1.165) is 6.33 Å². The van der Waals surface area contributed by atoms with Crippen LogP contribution in [0.25, 0.3) is 0 Å². The number of hydrogen-bond donors (Lipinski definition) is 1. The number of carbonyl (C=O) groups is 1. The first-order valence-corrected chi connectivity index (χ1v) is 7.39. The molecule has 3 heterocycles. The Balaban J connectivity index is 2.28. The predicted octanol–water partition coefficient (Wildman–Crippen LogP) is 1.71. The summed E-state index contributed by atoms with van der Waals surface area (Å²) in [6.45, 7) is 3.15. The molecule has 1 N–H and O–H groups in total. The van der Waals surface area contributed by atoms with Crippen LogP contribution in [0.4, 0.5) is 19.1 Å². The monoisotopic (exact) mass is 356 g/mol. The van der Waals surface area contributed by atoms with Gasteiger partial charge < -0.3 is 10.1 Å². The molecule has 8 nitrogen and oxygen atoms in total. The molecule has 1 aliphatic rings. The number of rotatable bonds is 3. The number of fused-ring (bicyclic) bond motifs is 1. The number of allylic oxidation sites excluding steroid dienone is 1. The van der Waals surface area contributed by atoms with Crippen LogP contribution in [0.5, 0.6) is 0 Å². The molecular weight excluding hydrogens is 341 g/mol. The van der Waals surface area contributed by atoms with Crippen LogP contribution in [0.1, 0.15) is 24.2 Å². The molecule has 0 amide bonds. The average molecular weight is 356 g/mol. The molecule has 11 heteroatoms. The number of aromatic nitrogens is 5. The van der Waals surface area contributed by atoms with Crippen molar-refractivity contribution in [3.63, 3.8) is 0 Å². The zero-order chi connectivity index (χ0) is 18.4. The zero-order valence-electron chi connectivity index (χ0n) is 13.6. The number of alkyl halides is 3. The topological polar surface area (TPSA) is 86.9 Å². The molecule has 0 spiro atoms. The summed E-state index contributed by atoms with van der Waals surface area (Å²) in [6.07, 6.45) is -2.28. The molecule has 0 unspecified atom stereocenters. The summed E-state index contributed by atoms with van der Waals surface area (Å²) in [4.78, 5) is 16.2. The van der Waals surface area contributed by atoms with Crippen LogP contribution in [0.15, 0.2) is 23.8 Å². The van der Waals surface area contributed by atoms with Gasteiger partial charge in [0.2, 0.25) is 5.95 Å². The molecule has 25 heavy (non-hydrogen) atoms. The standard InChI is InChI=1S/C14H15F3N6O2/c1-4-25-12(24)9-10(8-5-19-22(3)7(8)2)23-13(18-6-20-23)21-11(9)14(15,16)17/h5-6,10H,4H2,1-3H3,(H,18,20,21)/t10-/m0/s1. The number of nitrogens with one attached hydrogen (secondary N) is 1.